The molecule has 4 nitrogen and oxygen atoms in total. The number of thiophene rings is 1. The van der Waals surface area contributed by atoms with E-state index < -0.39 is 0 Å². The van der Waals surface area contributed by atoms with Crippen LogP contribution >= 0.6 is 22.9 Å². The summed E-state index contributed by atoms with van der Waals surface area (Å²) in [6, 6.07) is 8.76. The number of hydrogen-bond acceptors (Lipinski definition) is 5. The number of likely N-dealkylation sites (N-methyl/N-ethyl adjacent to an activating group) is 1. The predicted molar refractivity (Wildman–Crippen MR) is 112 cm³/mol. The van der Waals surface area contributed by atoms with E-state index in [0.29, 0.717) is 5.28 Å². The largest absolute Gasteiger partial charge is 0.353 e. The molecule has 0 radical (unpaired) electrons. The van der Waals surface area contributed by atoms with E-state index in [1.165, 1.54) is 21.6 Å². The normalized spacial score (nSPS) is 15.8. The number of benzene rings is 1. The Morgan fingerprint density at radius 3 is 2.42 bits per heavy atom. The van der Waals surface area contributed by atoms with Crippen LogP contribution in [-0.2, 0) is 6.42 Å². The van der Waals surface area contributed by atoms with Crippen LogP contribution in [0.1, 0.15) is 17.4 Å². The zero-order chi connectivity index (χ0) is 18.3. The lowest BCUT2D eigenvalue weighted by Crippen LogP contribution is -2.44. The molecule has 0 unspecified atom stereocenters. The van der Waals surface area contributed by atoms with Gasteiger partial charge in [0.05, 0.1) is 5.39 Å². The highest BCUT2D eigenvalue weighted by atomic mass is 35.5. The Hall–Kier alpha value is -1.69. The van der Waals surface area contributed by atoms with E-state index in [1.807, 2.05) is 0 Å². The van der Waals surface area contributed by atoms with Crippen LogP contribution in [0.2, 0.25) is 5.28 Å². The summed E-state index contributed by atoms with van der Waals surface area (Å²) in [5.74, 6) is 0.986. The van der Waals surface area contributed by atoms with E-state index >= 15 is 0 Å². The van der Waals surface area contributed by atoms with Crippen LogP contribution in [0.4, 0.5) is 5.82 Å². The highest BCUT2D eigenvalue weighted by molar-refractivity contribution is 7.19. The first-order valence-electron chi connectivity index (χ1n) is 9.06. The molecule has 3 heterocycles. The highest BCUT2D eigenvalue weighted by Crippen LogP contribution is 2.43. The molecule has 26 heavy (non-hydrogen) atoms. The molecule has 1 fully saturated rings. The number of anilines is 1. The fourth-order valence-corrected chi connectivity index (χ4v) is 4.87. The van der Waals surface area contributed by atoms with Gasteiger partial charge in [-0.15, -0.1) is 11.3 Å². The minimum Gasteiger partial charge on any atom is -0.353 e. The fraction of sp³-hybridized carbons (Fsp3) is 0.400. The maximum Gasteiger partial charge on any atom is 0.225 e. The first kappa shape index (κ1) is 17.7. The Bertz CT molecular complexity index is 927. The van der Waals surface area contributed by atoms with Crippen molar-refractivity contribution in [3.63, 3.8) is 0 Å². The van der Waals surface area contributed by atoms with Crippen LogP contribution < -0.4 is 4.90 Å². The van der Waals surface area contributed by atoms with Crippen molar-refractivity contribution in [1.82, 2.24) is 14.9 Å². The number of fused-ring (bicyclic) bond motifs is 1. The van der Waals surface area contributed by atoms with E-state index in [0.717, 1.165) is 48.6 Å². The van der Waals surface area contributed by atoms with Crippen molar-refractivity contribution >= 4 is 39.0 Å². The van der Waals surface area contributed by atoms with Crippen LogP contribution in [0.5, 0.6) is 0 Å². The van der Waals surface area contributed by atoms with E-state index in [-0.39, 0.29) is 0 Å². The molecular formula is C20H23ClN4S. The van der Waals surface area contributed by atoms with Gasteiger partial charge in [-0.3, -0.25) is 0 Å². The lowest BCUT2D eigenvalue weighted by Gasteiger charge is -2.33. The van der Waals surface area contributed by atoms with E-state index in [4.69, 9.17) is 11.6 Å². The van der Waals surface area contributed by atoms with Gasteiger partial charge in [-0.05, 0) is 37.6 Å². The molecule has 0 saturated carbocycles. The molecule has 0 atom stereocenters. The summed E-state index contributed by atoms with van der Waals surface area (Å²) >= 11 is 8.03. The summed E-state index contributed by atoms with van der Waals surface area (Å²) < 4.78 is 0. The molecule has 1 aromatic carbocycles. The molecule has 136 valence electrons. The maximum atomic E-state index is 6.29. The lowest BCUT2D eigenvalue weighted by molar-refractivity contribution is 0.312. The van der Waals surface area contributed by atoms with Gasteiger partial charge in [0.1, 0.15) is 10.6 Å². The van der Waals surface area contributed by atoms with Gasteiger partial charge < -0.3 is 9.80 Å². The molecule has 0 N–H and O–H groups in total. The summed E-state index contributed by atoms with van der Waals surface area (Å²) in [6.45, 7) is 8.32. The summed E-state index contributed by atoms with van der Waals surface area (Å²) in [4.78, 5) is 16.3. The molecule has 2 aromatic heterocycles. The predicted octanol–water partition coefficient (Wildman–Crippen LogP) is 4.63. The number of hydrogen-bond donors (Lipinski definition) is 0. The van der Waals surface area contributed by atoms with Crippen molar-refractivity contribution in [2.45, 2.75) is 20.3 Å². The standard InChI is InChI=1S/C20H23ClN4S/c1-4-15-16(14-7-5-13(2)6-8-14)17-18(22-20(21)23-19(17)26-15)25-11-9-24(3)10-12-25/h5-8H,4,9-12H2,1-3H3. The van der Waals surface area contributed by atoms with Crippen LogP contribution in [0.15, 0.2) is 24.3 Å². The Kier molecular flexibility index (Phi) is 4.86. The van der Waals surface area contributed by atoms with E-state index in [1.54, 1.807) is 11.3 Å². The van der Waals surface area contributed by atoms with Gasteiger partial charge in [0, 0.05) is 36.6 Å². The van der Waals surface area contributed by atoms with Crippen LogP contribution in [0.25, 0.3) is 21.3 Å². The zero-order valence-corrected chi connectivity index (χ0v) is 17.0. The summed E-state index contributed by atoms with van der Waals surface area (Å²) in [5, 5.41) is 1.50. The average molecular weight is 387 g/mol. The Morgan fingerprint density at radius 1 is 1.08 bits per heavy atom. The first-order valence-corrected chi connectivity index (χ1v) is 10.3. The zero-order valence-electron chi connectivity index (χ0n) is 15.4. The van der Waals surface area contributed by atoms with Gasteiger partial charge in [-0.1, -0.05) is 36.8 Å². The van der Waals surface area contributed by atoms with Crippen molar-refractivity contribution in [2.75, 3.05) is 38.1 Å². The molecule has 1 aliphatic rings. The third-order valence-corrected chi connectivity index (χ3v) is 6.44. The van der Waals surface area contributed by atoms with Crippen molar-refractivity contribution in [2.24, 2.45) is 0 Å². The summed E-state index contributed by atoms with van der Waals surface area (Å²) in [5.41, 5.74) is 3.78. The van der Waals surface area contributed by atoms with Crippen LogP contribution in [0.3, 0.4) is 0 Å². The van der Waals surface area contributed by atoms with Gasteiger partial charge in [-0.2, -0.15) is 4.98 Å². The monoisotopic (exact) mass is 386 g/mol. The first-order chi connectivity index (χ1) is 12.6. The topological polar surface area (TPSA) is 32.3 Å². The summed E-state index contributed by atoms with van der Waals surface area (Å²) in [6.07, 6.45) is 0.976. The number of rotatable bonds is 3. The molecule has 0 aliphatic carbocycles. The minimum atomic E-state index is 0.339. The second-order valence-electron chi connectivity index (χ2n) is 6.91. The van der Waals surface area contributed by atoms with E-state index in [9.17, 15) is 0 Å². The number of aryl methyl sites for hydroxylation is 2. The van der Waals surface area contributed by atoms with Gasteiger partial charge in [-0.25, -0.2) is 4.98 Å². The maximum absolute atomic E-state index is 6.29. The smallest absolute Gasteiger partial charge is 0.225 e. The molecule has 1 aliphatic heterocycles. The van der Waals surface area contributed by atoms with Crippen LogP contribution in [0, 0.1) is 6.92 Å². The van der Waals surface area contributed by atoms with Crippen molar-refractivity contribution in [1.29, 1.82) is 0 Å². The third kappa shape index (κ3) is 3.20. The molecule has 0 bridgehead atoms. The highest BCUT2D eigenvalue weighted by Gasteiger charge is 2.24. The minimum absolute atomic E-state index is 0.339. The lowest BCUT2D eigenvalue weighted by atomic mass is 10.0. The van der Waals surface area contributed by atoms with Gasteiger partial charge in [0.15, 0.2) is 0 Å². The fourth-order valence-electron chi connectivity index (χ4n) is 3.52. The van der Waals surface area contributed by atoms with Crippen molar-refractivity contribution in [3.05, 3.63) is 40.0 Å². The molecule has 1 saturated heterocycles. The average Bonchev–Trinajstić information content (AvgIpc) is 3.00. The number of nitrogens with zero attached hydrogens (tertiary/aromatic N) is 4. The molecule has 3 aromatic rings. The Morgan fingerprint density at radius 2 is 1.77 bits per heavy atom. The molecule has 6 heteroatoms. The van der Waals surface area contributed by atoms with Gasteiger partial charge >= 0.3 is 0 Å². The SMILES string of the molecule is CCc1sc2nc(Cl)nc(N3CCN(C)CC3)c2c1-c1ccc(C)cc1. The molecule has 0 spiro atoms. The molecule has 4 rings (SSSR count). The summed E-state index contributed by atoms with van der Waals surface area (Å²) in [7, 11) is 2.16. The van der Waals surface area contributed by atoms with Crippen molar-refractivity contribution in [3.8, 4) is 11.1 Å². The van der Waals surface area contributed by atoms with Gasteiger partial charge in [0.25, 0.3) is 0 Å². The van der Waals surface area contributed by atoms with Crippen LogP contribution in [-0.4, -0.2) is 48.1 Å². The Labute approximate surface area is 163 Å². The second-order valence-corrected chi connectivity index (χ2v) is 8.33. The van der Waals surface area contributed by atoms with Crippen molar-refractivity contribution < 1.29 is 0 Å². The number of aromatic nitrogens is 2. The number of piperazine rings is 1. The molecule has 0 amide bonds. The molecular weight excluding hydrogens is 364 g/mol. The second kappa shape index (κ2) is 7.14. The third-order valence-electron chi connectivity index (χ3n) is 5.04. The quantitative estimate of drug-likeness (QED) is 0.614. The van der Waals surface area contributed by atoms with E-state index in [2.05, 4.69) is 64.9 Å². The number of halogens is 1. The Balaban J connectivity index is 1.94. The van der Waals surface area contributed by atoms with Gasteiger partial charge in [0.2, 0.25) is 5.28 Å².